The number of alkyl halides is 3. The topological polar surface area (TPSA) is 26.3 Å². The monoisotopic (exact) mass is 271 g/mol. The van der Waals surface area contributed by atoms with Gasteiger partial charge in [-0.05, 0) is 6.07 Å². The Kier molecular flexibility index (Phi) is 3.63. The number of methoxy groups -OCH3 is 1. The fourth-order valence-electron chi connectivity index (χ4n) is 1.33. The molecule has 1 aromatic carbocycles. The molecule has 0 bridgehead atoms. The van der Waals surface area contributed by atoms with Crippen molar-refractivity contribution < 1.29 is 35.6 Å². The molecule has 0 saturated heterocycles. The Morgan fingerprint density at radius 1 is 1.22 bits per heavy atom. The van der Waals surface area contributed by atoms with Gasteiger partial charge in [0.2, 0.25) is 0 Å². The number of hydrogen-bond acceptors (Lipinski definition) is 2. The Labute approximate surface area is 97.6 Å². The summed E-state index contributed by atoms with van der Waals surface area (Å²) in [6.45, 7) is -5.82. The second-order valence-corrected chi connectivity index (χ2v) is 3.37. The minimum atomic E-state index is -5.82. The summed E-state index contributed by atoms with van der Waals surface area (Å²) >= 11 is 0. The number of hydrogen-bond donors (Lipinski definition) is 0. The van der Waals surface area contributed by atoms with Crippen LogP contribution < -0.4 is 5.46 Å². The van der Waals surface area contributed by atoms with Gasteiger partial charge in [0.15, 0.2) is 0 Å². The van der Waals surface area contributed by atoms with Crippen LogP contribution in [0, 0.1) is 0 Å². The lowest BCUT2D eigenvalue weighted by atomic mass is 9.76. The Morgan fingerprint density at radius 2 is 1.78 bits per heavy atom. The molecule has 0 N–H and O–H groups in total. The van der Waals surface area contributed by atoms with Crippen LogP contribution in [0.25, 0.3) is 0 Å². The highest BCUT2D eigenvalue weighted by molar-refractivity contribution is 6.74. The second kappa shape index (κ2) is 4.54. The average molecular weight is 271 g/mol. The minimum Gasteiger partial charge on any atom is -0.465 e. The third-order valence-corrected chi connectivity index (χ3v) is 2.13. The van der Waals surface area contributed by atoms with Crippen molar-refractivity contribution >= 4 is 18.4 Å². The molecule has 0 aromatic heterocycles. The van der Waals surface area contributed by atoms with Crippen LogP contribution in [-0.2, 0) is 10.9 Å². The van der Waals surface area contributed by atoms with Gasteiger partial charge in [0, 0.05) is 5.56 Å². The number of esters is 1. The molecule has 0 radical (unpaired) electrons. The standard InChI is InChI=1S/C9H6BF6O2/c1-18-8(17)5-2-3-7(10(14,15)16)6(4-5)9(11,12)13/h2-4H,1H3/q-1. The maximum absolute atomic E-state index is 12.5. The number of ether oxygens (including phenoxy) is 1. The first-order valence-electron chi connectivity index (χ1n) is 4.56. The lowest BCUT2D eigenvalue weighted by Gasteiger charge is -2.21. The second-order valence-electron chi connectivity index (χ2n) is 3.37. The van der Waals surface area contributed by atoms with Crippen LogP contribution in [0.2, 0.25) is 0 Å². The van der Waals surface area contributed by atoms with Crippen LogP contribution in [-0.4, -0.2) is 20.1 Å². The van der Waals surface area contributed by atoms with Crippen molar-refractivity contribution in [3.8, 4) is 0 Å². The molecule has 0 spiro atoms. The highest BCUT2D eigenvalue weighted by atomic mass is 19.4. The third kappa shape index (κ3) is 2.96. The molecule has 0 heterocycles. The summed E-state index contributed by atoms with van der Waals surface area (Å²) in [4.78, 5) is 11.0. The molecule has 18 heavy (non-hydrogen) atoms. The SMILES string of the molecule is COC(=O)c1ccc([B-](F)(F)F)c(C(F)(F)F)c1. The van der Waals surface area contributed by atoms with Gasteiger partial charge in [-0.3, -0.25) is 0 Å². The van der Waals surface area contributed by atoms with Gasteiger partial charge < -0.3 is 17.7 Å². The number of rotatable bonds is 2. The van der Waals surface area contributed by atoms with Crippen LogP contribution >= 0.6 is 0 Å². The molecule has 0 fully saturated rings. The van der Waals surface area contributed by atoms with E-state index in [1.807, 2.05) is 0 Å². The first-order chi connectivity index (χ1) is 8.07. The first-order valence-corrected chi connectivity index (χ1v) is 4.56. The van der Waals surface area contributed by atoms with Crippen molar-refractivity contribution in [1.82, 2.24) is 0 Å². The van der Waals surface area contributed by atoms with E-state index >= 15 is 0 Å². The predicted molar refractivity (Wildman–Crippen MR) is 51.5 cm³/mol. The quantitative estimate of drug-likeness (QED) is 0.469. The van der Waals surface area contributed by atoms with E-state index in [0.29, 0.717) is 6.07 Å². The zero-order chi connectivity index (χ0) is 14.1. The molecule has 100 valence electrons. The Morgan fingerprint density at radius 3 is 2.17 bits per heavy atom. The molecular weight excluding hydrogens is 265 g/mol. The minimum absolute atomic E-state index is 0.135. The van der Waals surface area contributed by atoms with E-state index in [4.69, 9.17) is 0 Å². The summed E-state index contributed by atoms with van der Waals surface area (Å²) in [6, 6.07) is 1.01. The van der Waals surface area contributed by atoms with Crippen LogP contribution in [0.1, 0.15) is 15.9 Å². The molecular formula is C9H6BF6O2-. The van der Waals surface area contributed by atoms with E-state index in [-0.39, 0.29) is 12.1 Å². The molecule has 0 aliphatic rings. The van der Waals surface area contributed by atoms with Crippen LogP contribution in [0.3, 0.4) is 0 Å². The number of carbonyl (C=O) groups excluding carboxylic acids is 1. The fourth-order valence-corrected chi connectivity index (χ4v) is 1.33. The van der Waals surface area contributed by atoms with Crippen LogP contribution in [0.4, 0.5) is 26.1 Å². The fraction of sp³-hybridized carbons (Fsp3) is 0.222. The van der Waals surface area contributed by atoms with Gasteiger partial charge in [0.25, 0.3) is 0 Å². The molecule has 9 heteroatoms. The largest absolute Gasteiger partial charge is 0.510 e. The molecule has 1 rings (SSSR count). The lowest BCUT2D eigenvalue weighted by molar-refractivity contribution is -0.136. The highest BCUT2D eigenvalue weighted by Gasteiger charge is 2.39. The van der Waals surface area contributed by atoms with E-state index in [1.165, 1.54) is 0 Å². The zero-order valence-electron chi connectivity index (χ0n) is 8.89. The molecule has 2 nitrogen and oxygen atoms in total. The van der Waals surface area contributed by atoms with Crippen LogP contribution in [0.5, 0.6) is 0 Å². The van der Waals surface area contributed by atoms with Gasteiger partial charge in [-0.15, -0.1) is 0 Å². The number of carbonyl (C=O) groups is 1. The van der Waals surface area contributed by atoms with E-state index in [0.717, 1.165) is 7.11 Å². The molecule has 0 aliphatic heterocycles. The summed E-state index contributed by atoms with van der Waals surface area (Å²) in [5.41, 5.74) is -4.26. The summed E-state index contributed by atoms with van der Waals surface area (Å²) in [6.07, 6.45) is -5.20. The van der Waals surface area contributed by atoms with Gasteiger partial charge in [-0.25, -0.2) is 4.79 Å². The summed E-state index contributed by atoms with van der Waals surface area (Å²) in [5.74, 6) is -1.14. The third-order valence-electron chi connectivity index (χ3n) is 2.13. The van der Waals surface area contributed by atoms with E-state index < -0.39 is 35.7 Å². The Bertz CT molecular complexity index is 465. The molecule has 0 unspecified atom stereocenters. The maximum Gasteiger partial charge on any atom is 0.510 e. The maximum atomic E-state index is 12.5. The molecule has 0 aliphatic carbocycles. The van der Waals surface area contributed by atoms with Crippen molar-refractivity contribution in [2.24, 2.45) is 0 Å². The van der Waals surface area contributed by atoms with Gasteiger partial charge in [-0.1, -0.05) is 17.6 Å². The van der Waals surface area contributed by atoms with Gasteiger partial charge in [0.05, 0.1) is 12.7 Å². The van der Waals surface area contributed by atoms with E-state index in [2.05, 4.69) is 4.74 Å². The van der Waals surface area contributed by atoms with E-state index in [9.17, 15) is 30.9 Å². The molecule has 1 aromatic rings. The highest BCUT2D eigenvalue weighted by Crippen LogP contribution is 2.31. The predicted octanol–water partition coefficient (Wildman–Crippen LogP) is 2.55. The first kappa shape index (κ1) is 14.4. The average Bonchev–Trinajstić information content (AvgIpc) is 2.24. The summed E-state index contributed by atoms with van der Waals surface area (Å²) in [5, 5.41) is 0. The Balaban J connectivity index is 3.45. The van der Waals surface area contributed by atoms with Crippen molar-refractivity contribution in [3.05, 3.63) is 29.3 Å². The summed E-state index contributed by atoms with van der Waals surface area (Å²) < 4.78 is 78.9. The molecule has 0 saturated carbocycles. The molecule has 0 atom stereocenters. The number of benzene rings is 1. The van der Waals surface area contributed by atoms with Gasteiger partial charge in [-0.2, -0.15) is 13.2 Å². The normalized spacial score (nSPS) is 12.4. The van der Waals surface area contributed by atoms with Gasteiger partial charge in [0.1, 0.15) is 0 Å². The van der Waals surface area contributed by atoms with Crippen molar-refractivity contribution in [2.45, 2.75) is 6.18 Å². The Hall–Kier alpha value is -1.67. The van der Waals surface area contributed by atoms with Crippen molar-refractivity contribution in [1.29, 1.82) is 0 Å². The van der Waals surface area contributed by atoms with Crippen molar-refractivity contribution in [2.75, 3.05) is 7.11 Å². The number of halogens is 6. The van der Waals surface area contributed by atoms with Crippen molar-refractivity contribution in [3.63, 3.8) is 0 Å². The lowest BCUT2D eigenvalue weighted by Crippen LogP contribution is -2.39. The smallest absolute Gasteiger partial charge is 0.465 e. The molecule has 0 amide bonds. The zero-order valence-corrected chi connectivity index (χ0v) is 8.89. The van der Waals surface area contributed by atoms with Crippen LogP contribution in [0.15, 0.2) is 18.2 Å². The summed E-state index contributed by atoms with van der Waals surface area (Å²) in [7, 11) is 0.914. The van der Waals surface area contributed by atoms with Gasteiger partial charge >= 0.3 is 19.1 Å². The van der Waals surface area contributed by atoms with E-state index in [1.54, 1.807) is 0 Å².